The van der Waals surface area contributed by atoms with Crippen molar-refractivity contribution in [3.8, 4) is 28.4 Å². The zero-order valence-electron chi connectivity index (χ0n) is 27.2. The maximum atomic E-state index is 14.1. The number of ether oxygens (including phenoxy) is 3. The van der Waals surface area contributed by atoms with E-state index in [-0.39, 0.29) is 18.3 Å². The summed E-state index contributed by atoms with van der Waals surface area (Å²) >= 11 is 0. The van der Waals surface area contributed by atoms with Crippen LogP contribution in [0.5, 0.6) is 17.2 Å². The van der Waals surface area contributed by atoms with E-state index in [1.54, 1.807) is 6.07 Å². The number of benzene rings is 3. The van der Waals surface area contributed by atoms with Crippen LogP contribution in [0.25, 0.3) is 11.1 Å². The normalized spacial score (nSPS) is 13.0. The lowest BCUT2D eigenvalue weighted by Crippen LogP contribution is -2.57. The molecule has 0 aliphatic heterocycles. The number of nitrogens with one attached hydrogen (secondary N) is 3. The van der Waals surface area contributed by atoms with Gasteiger partial charge in [0.2, 0.25) is 17.6 Å². The summed E-state index contributed by atoms with van der Waals surface area (Å²) in [6, 6.07) is 19.5. The molecule has 0 radical (unpaired) electrons. The fourth-order valence-electron chi connectivity index (χ4n) is 5.20. The SMILES string of the molecule is COc1ccc(C[C@H](Nc2cccc(-c3ccccc3)c2)C(=O)N[C@H](C(=O)N[C@@H](CC(C)C)B(O)O)C(C)C)c(OC)c1OC. The van der Waals surface area contributed by atoms with Gasteiger partial charge in [-0.05, 0) is 47.6 Å². The van der Waals surface area contributed by atoms with E-state index < -0.39 is 37.0 Å². The topological polar surface area (TPSA) is 138 Å². The lowest BCUT2D eigenvalue weighted by Gasteiger charge is -2.28. The minimum absolute atomic E-state index is 0.112. The second-order valence-corrected chi connectivity index (χ2v) is 11.7. The van der Waals surface area contributed by atoms with Crippen molar-refractivity contribution in [2.24, 2.45) is 11.8 Å². The van der Waals surface area contributed by atoms with Gasteiger partial charge in [0.05, 0.1) is 27.3 Å². The van der Waals surface area contributed by atoms with Crippen molar-refractivity contribution in [2.75, 3.05) is 26.6 Å². The van der Waals surface area contributed by atoms with Gasteiger partial charge in [-0.15, -0.1) is 0 Å². The van der Waals surface area contributed by atoms with Gasteiger partial charge >= 0.3 is 7.12 Å². The summed E-state index contributed by atoms with van der Waals surface area (Å²) in [5.74, 6) is -0.644. The number of rotatable bonds is 16. The van der Waals surface area contributed by atoms with Crippen LogP contribution in [0.3, 0.4) is 0 Å². The third-order valence-corrected chi connectivity index (χ3v) is 7.50. The molecular weight excluding hydrogens is 573 g/mol. The molecule has 0 unspecified atom stereocenters. The number of carbonyl (C=O) groups is 2. The Morgan fingerprint density at radius 2 is 1.44 bits per heavy atom. The van der Waals surface area contributed by atoms with Crippen molar-refractivity contribution < 1.29 is 33.8 Å². The van der Waals surface area contributed by atoms with Crippen molar-refractivity contribution in [3.63, 3.8) is 0 Å². The van der Waals surface area contributed by atoms with Gasteiger partial charge in [-0.3, -0.25) is 9.59 Å². The molecule has 0 fully saturated rings. The minimum Gasteiger partial charge on any atom is -0.493 e. The van der Waals surface area contributed by atoms with Crippen LogP contribution in [0.15, 0.2) is 66.7 Å². The van der Waals surface area contributed by atoms with Crippen molar-refractivity contribution in [1.82, 2.24) is 10.6 Å². The molecule has 3 aromatic carbocycles. The molecule has 11 heteroatoms. The first kappa shape index (κ1) is 35.3. The summed E-state index contributed by atoms with van der Waals surface area (Å²) in [6.07, 6.45) is 0.548. The second-order valence-electron chi connectivity index (χ2n) is 11.7. The fourth-order valence-corrected chi connectivity index (χ4v) is 5.20. The zero-order valence-corrected chi connectivity index (χ0v) is 27.2. The number of hydrogen-bond acceptors (Lipinski definition) is 8. The highest BCUT2D eigenvalue weighted by Crippen LogP contribution is 2.40. The summed E-state index contributed by atoms with van der Waals surface area (Å²) in [4.78, 5) is 27.4. The Kier molecular flexibility index (Phi) is 13.1. The van der Waals surface area contributed by atoms with Crippen LogP contribution >= 0.6 is 0 Å². The number of anilines is 1. The van der Waals surface area contributed by atoms with E-state index in [1.807, 2.05) is 88.4 Å². The largest absolute Gasteiger partial charge is 0.493 e. The second kappa shape index (κ2) is 16.7. The predicted molar refractivity (Wildman–Crippen MR) is 177 cm³/mol. The number of carbonyl (C=O) groups excluding carboxylic acids is 2. The molecule has 2 amide bonds. The van der Waals surface area contributed by atoms with E-state index in [1.165, 1.54) is 21.3 Å². The average molecular weight is 620 g/mol. The highest BCUT2D eigenvalue weighted by molar-refractivity contribution is 6.43. The van der Waals surface area contributed by atoms with E-state index in [9.17, 15) is 19.6 Å². The monoisotopic (exact) mass is 619 g/mol. The highest BCUT2D eigenvalue weighted by Gasteiger charge is 2.33. The van der Waals surface area contributed by atoms with Crippen LogP contribution in [-0.2, 0) is 16.0 Å². The molecule has 0 saturated carbocycles. The van der Waals surface area contributed by atoms with Crippen molar-refractivity contribution in [2.45, 2.75) is 58.6 Å². The molecule has 10 nitrogen and oxygen atoms in total. The smallest absolute Gasteiger partial charge is 0.475 e. The molecule has 5 N–H and O–H groups in total. The standard InChI is InChI=1S/C34H46BN3O7/c1-21(2)18-29(35(41)42)37-34(40)30(22(3)4)38-33(39)27(20-25-16-17-28(43-5)32(45-7)31(25)44-6)36-26-15-11-14-24(19-26)23-12-9-8-10-13-23/h8-17,19,21-22,27,29-30,36,41-42H,18,20H2,1-7H3,(H,37,40)(H,38,39)/t27-,29-,30-/m0/s1. The van der Waals surface area contributed by atoms with Gasteiger partial charge in [0, 0.05) is 17.7 Å². The summed E-state index contributed by atoms with van der Waals surface area (Å²) in [5, 5.41) is 28.8. The van der Waals surface area contributed by atoms with Crippen LogP contribution in [0, 0.1) is 11.8 Å². The number of methoxy groups -OCH3 is 3. The molecule has 3 aromatic rings. The zero-order chi connectivity index (χ0) is 33.1. The van der Waals surface area contributed by atoms with Crippen LogP contribution in [-0.4, -0.2) is 68.3 Å². The summed E-state index contributed by atoms with van der Waals surface area (Å²) in [5.41, 5.74) is 3.40. The molecule has 0 saturated heterocycles. The summed E-state index contributed by atoms with van der Waals surface area (Å²) in [7, 11) is 2.84. The van der Waals surface area contributed by atoms with Crippen molar-refractivity contribution >= 4 is 24.6 Å². The van der Waals surface area contributed by atoms with Gasteiger partial charge in [-0.2, -0.15) is 0 Å². The quantitative estimate of drug-likeness (QED) is 0.151. The molecule has 0 aliphatic rings. The van der Waals surface area contributed by atoms with E-state index in [4.69, 9.17) is 14.2 Å². The molecular formula is C34H46BN3O7. The van der Waals surface area contributed by atoms with E-state index >= 15 is 0 Å². The molecule has 45 heavy (non-hydrogen) atoms. The van der Waals surface area contributed by atoms with Gasteiger partial charge in [-0.25, -0.2) is 0 Å². The summed E-state index contributed by atoms with van der Waals surface area (Å²) in [6.45, 7) is 7.49. The lowest BCUT2D eigenvalue weighted by molar-refractivity contribution is -0.130. The Morgan fingerprint density at radius 3 is 2.02 bits per heavy atom. The lowest BCUT2D eigenvalue weighted by atomic mass is 9.75. The Morgan fingerprint density at radius 1 is 0.778 bits per heavy atom. The first-order chi connectivity index (χ1) is 21.5. The predicted octanol–water partition coefficient (Wildman–Crippen LogP) is 4.09. The van der Waals surface area contributed by atoms with Gasteiger partial charge in [0.15, 0.2) is 11.5 Å². The molecule has 0 aromatic heterocycles. The first-order valence-corrected chi connectivity index (χ1v) is 15.2. The van der Waals surface area contributed by atoms with Crippen LogP contribution in [0.4, 0.5) is 5.69 Å². The maximum Gasteiger partial charge on any atom is 0.475 e. The molecule has 3 rings (SSSR count). The number of hydrogen-bond donors (Lipinski definition) is 5. The Hall–Kier alpha value is -4.22. The van der Waals surface area contributed by atoms with Crippen molar-refractivity contribution in [1.29, 1.82) is 0 Å². The Labute approximate surface area is 266 Å². The van der Waals surface area contributed by atoms with Gasteiger partial charge in [0.1, 0.15) is 12.1 Å². The Bertz CT molecular complexity index is 1400. The van der Waals surface area contributed by atoms with Gasteiger partial charge < -0.3 is 40.2 Å². The summed E-state index contributed by atoms with van der Waals surface area (Å²) < 4.78 is 16.7. The Balaban J connectivity index is 1.97. The average Bonchev–Trinajstić information content (AvgIpc) is 3.02. The molecule has 0 spiro atoms. The van der Waals surface area contributed by atoms with E-state index in [0.29, 0.717) is 34.9 Å². The molecule has 0 bridgehead atoms. The van der Waals surface area contributed by atoms with Gasteiger partial charge in [0.25, 0.3) is 0 Å². The van der Waals surface area contributed by atoms with Crippen LogP contribution in [0.1, 0.15) is 39.7 Å². The first-order valence-electron chi connectivity index (χ1n) is 15.2. The van der Waals surface area contributed by atoms with Crippen LogP contribution < -0.4 is 30.2 Å². The van der Waals surface area contributed by atoms with Crippen molar-refractivity contribution in [3.05, 3.63) is 72.3 Å². The molecule has 242 valence electrons. The third kappa shape index (κ3) is 9.63. The third-order valence-electron chi connectivity index (χ3n) is 7.50. The molecule has 0 aliphatic carbocycles. The minimum atomic E-state index is -1.73. The number of amides is 2. The van der Waals surface area contributed by atoms with E-state index in [0.717, 1.165) is 11.1 Å². The highest BCUT2D eigenvalue weighted by atomic mass is 16.5. The van der Waals surface area contributed by atoms with E-state index in [2.05, 4.69) is 16.0 Å². The maximum absolute atomic E-state index is 14.1. The molecule has 3 atom stereocenters. The van der Waals surface area contributed by atoms with Crippen LogP contribution in [0.2, 0.25) is 0 Å². The fraction of sp³-hybridized carbons (Fsp3) is 0.412. The molecule has 0 heterocycles. The van der Waals surface area contributed by atoms with Gasteiger partial charge in [-0.1, -0.05) is 76.2 Å².